The highest BCUT2D eigenvalue weighted by Gasteiger charge is 2.36. The number of halogens is 1. The van der Waals surface area contributed by atoms with Crippen molar-refractivity contribution < 1.29 is 8.82 Å². The number of unbranched alkanes of at least 4 members (excludes halogenated alkanes) is 1. The van der Waals surface area contributed by atoms with Crippen molar-refractivity contribution in [2.75, 3.05) is 6.61 Å². The minimum atomic E-state index is -1.62. The number of rotatable bonds is 5. The lowest BCUT2D eigenvalue weighted by molar-refractivity contribution is 0.284. The predicted molar refractivity (Wildman–Crippen MR) is 84.2 cm³/mol. The van der Waals surface area contributed by atoms with E-state index in [1.165, 1.54) is 6.92 Å². The van der Waals surface area contributed by atoms with Crippen LogP contribution < -0.4 is 0 Å². The van der Waals surface area contributed by atoms with Crippen molar-refractivity contribution in [2.45, 2.75) is 65.6 Å². The maximum atomic E-state index is 12.6. The van der Waals surface area contributed by atoms with Gasteiger partial charge in [0.1, 0.15) is 0 Å². The Balaban J connectivity index is 3.96. The average Bonchev–Trinajstić information content (AvgIpc) is 2.20. The highest BCUT2D eigenvalue weighted by molar-refractivity contribution is 6.74. The third-order valence-corrected chi connectivity index (χ3v) is 8.06. The molecule has 0 saturated carbocycles. The van der Waals surface area contributed by atoms with E-state index in [9.17, 15) is 4.39 Å². The zero-order valence-electron chi connectivity index (χ0n) is 13.6. The average molecular weight is 284 g/mol. The Morgan fingerprint density at radius 1 is 1.37 bits per heavy atom. The smallest absolute Gasteiger partial charge is 0.191 e. The number of hydrogen-bond donors (Lipinski definition) is 0. The van der Waals surface area contributed by atoms with Crippen molar-refractivity contribution in [1.29, 1.82) is 0 Å². The summed E-state index contributed by atoms with van der Waals surface area (Å²) in [7, 11) is -1.62. The molecule has 1 unspecified atom stereocenters. The molecule has 0 N–H and O–H groups in total. The molecule has 19 heavy (non-hydrogen) atoms. The van der Waals surface area contributed by atoms with Crippen LogP contribution in [0.25, 0.3) is 0 Å². The Kier molecular flexibility index (Phi) is 7.62. The molecule has 0 amide bonds. The van der Waals surface area contributed by atoms with Gasteiger partial charge in [0, 0.05) is 18.9 Å². The molecule has 0 spiro atoms. The Morgan fingerprint density at radius 2 is 1.95 bits per heavy atom. The zero-order valence-corrected chi connectivity index (χ0v) is 14.6. The monoisotopic (exact) mass is 284 g/mol. The van der Waals surface area contributed by atoms with Crippen LogP contribution in [0.15, 0.2) is 11.9 Å². The van der Waals surface area contributed by atoms with E-state index < -0.39 is 8.32 Å². The van der Waals surface area contributed by atoms with Crippen molar-refractivity contribution >= 4 is 8.32 Å². The van der Waals surface area contributed by atoms with Crippen molar-refractivity contribution in [3.8, 4) is 11.8 Å². The van der Waals surface area contributed by atoms with E-state index in [0.717, 1.165) is 19.4 Å². The lowest BCUT2D eigenvalue weighted by atomic mass is 10.1. The van der Waals surface area contributed by atoms with Crippen LogP contribution in [0, 0.1) is 17.8 Å². The summed E-state index contributed by atoms with van der Waals surface area (Å²) in [6.45, 7) is 15.4. The largest absolute Gasteiger partial charge is 0.417 e. The van der Waals surface area contributed by atoms with Crippen LogP contribution >= 0.6 is 0 Å². The maximum absolute atomic E-state index is 12.6. The van der Waals surface area contributed by atoms with Gasteiger partial charge in [-0.25, -0.2) is 4.39 Å². The van der Waals surface area contributed by atoms with E-state index in [1.807, 2.05) is 6.92 Å². The first-order valence-corrected chi connectivity index (χ1v) is 9.93. The molecule has 3 heteroatoms. The van der Waals surface area contributed by atoms with Gasteiger partial charge in [-0.05, 0) is 44.5 Å². The summed E-state index contributed by atoms with van der Waals surface area (Å²) >= 11 is 0. The molecular weight excluding hydrogens is 255 g/mol. The second-order valence-corrected chi connectivity index (χ2v) is 11.4. The van der Waals surface area contributed by atoms with E-state index in [1.54, 1.807) is 6.08 Å². The molecule has 0 aromatic rings. The van der Waals surface area contributed by atoms with Crippen LogP contribution in [0.4, 0.5) is 4.39 Å². The summed E-state index contributed by atoms with van der Waals surface area (Å²) < 4.78 is 18.7. The molecule has 1 nitrogen and oxygen atoms in total. The third kappa shape index (κ3) is 8.23. The van der Waals surface area contributed by atoms with Crippen LogP contribution in [0.3, 0.4) is 0 Å². The van der Waals surface area contributed by atoms with E-state index in [2.05, 4.69) is 45.7 Å². The highest BCUT2D eigenvalue weighted by atomic mass is 28.4. The zero-order chi connectivity index (χ0) is 15.1. The molecule has 0 fully saturated rings. The summed E-state index contributed by atoms with van der Waals surface area (Å²) in [5.74, 6) is 5.95. The molecular formula is C16H29FOSi. The van der Waals surface area contributed by atoms with Crippen molar-refractivity contribution in [1.82, 2.24) is 0 Å². The Hall–Kier alpha value is -0.593. The summed E-state index contributed by atoms with van der Waals surface area (Å²) in [6, 6.07) is 0. The summed E-state index contributed by atoms with van der Waals surface area (Å²) in [5.41, 5.74) is 0. The molecule has 0 saturated heterocycles. The molecule has 0 aliphatic heterocycles. The van der Waals surface area contributed by atoms with E-state index in [-0.39, 0.29) is 16.8 Å². The predicted octanol–water partition coefficient (Wildman–Crippen LogP) is 5.30. The third-order valence-electron chi connectivity index (χ3n) is 3.52. The first-order chi connectivity index (χ1) is 8.56. The minimum absolute atomic E-state index is 0.00805. The quantitative estimate of drug-likeness (QED) is 0.378. The van der Waals surface area contributed by atoms with Crippen LogP contribution in [0.1, 0.15) is 47.5 Å². The van der Waals surface area contributed by atoms with Crippen LogP contribution in [0.2, 0.25) is 18.1 Å². The molecule has 1 atom stereocenters. The van der Waals surface area contributed by atoms with Gasteiger partial charge in [0.2, 0.25) is 0 Å². The molecule has 0 aliphatic carbocycles. The first-order valence-electron chi connectivity index (χ1n) is 7.02. The SMILES string of the molecule is C/C(F)=C\C(C)C#CCCCO[Si](C)(C)C(C)(C)C. The van der Waals surface area contributed by atoms with Gasteiger partial charge in [-0.3, -0.25) is 0 Å². The summed E-state index contributed by atoms with van der Waals surface area (Å²) in [5, 5.41) is 0.261. The molecule has 0 heterocycles. The fourth-order valence-corrected chi connectivity index (χ4v) is 2.41. The van der Waals surface area contributed by atoms with Crippen molar-refractivity contribution in [3.05, 3.63) is 11.9 Å². The highest BCUT2D eigenvalue weighted by Crippen LogP contribution is 2.36. The number of allylic oxidation sites excluding steroid dienone is 2. The number of hydrogen-bond acceptors (Lipinski definition) is 1. The molecule has 0 bridgehead atoms. The molecule has 0 aromatic heterocycles. The first kappa shape index (κ1) is 18.4. The molecule has 0 radical (unpaired) electrons. The topological polar surface area (TPSA) is 9.23 Å². The van der Waals surface area contributed by atoms with Gasteiger partial charge in [0.25, 0.3) is 0 Å². The fourth-order valence-electron chi connectivity index (χ4n) is 1.32. The summed E-state index contributed by atoms with van der Waals surface area (Å²) in [4.78, 5) is 0. The Bertz CT molecular complexity index is 351. The van der Waals surface area contributed by atoms with Gasteiger partial charge < -0.3 is 4.43 Å². The molecule has 110 valence electrons. The van der Waals surface area contributed by atoms with Gasteiger partial charge in [0.15, 0.2) is 8.32 Å². The second-order valence-electron chi connectivity index (χ2n) is 6.58. The molecule has 0 rings (SSSR count). The van der Waals surface area contributed by atoms with Gasteiger partial charge in [-0.1, -0.05) is 26.7 Å². The van der Waals surface area contributed by atoms with E-state index in [0.29, 0.717) is 0 Å². The Labute approximate surface area is 119 Å². The van der Waals surface area contributed by atoms with Crippen LogP contribution in [-0.4, -0.2) is 14.9 Å². The van der Waals surface area contributed by atoms with Crippen LogP contribution in [-0.2, 0) is 4.43 Å². The normalized spacial score (nSPS) is 14.8. The fraction of sp³-hybridized carbons (Fsp3) is 0.750. The standard InChI is InChI=1S/C16H29FOSi/c1-14(13-15(2)17)11-9-8-10-12-18-19(6,7)16(3,4)5/h13-14H,8,10,12H2,1-7H3/b15-13+. The van der Waals surface area contributed by atoms with Crippen molar-refractivity contribution in [3.63, 3.8) is 0 Å². The minimum Gasteiger partial charge on any atom is -0.417 e. The van der Waals surface area contributed by atoms with Crippen molar-refractivity contribution in [2.24, 2.45) is 5.92 Å². The van der Waals surface area contributed by atoms with Gasteiger partial charge in [-0.2, -0.15) is 0 Å². The lowest BCUT2D eigenvalue weighted by Crippen LogP contribution is -2.40. The van der Waals surface area contributed by atoms with Gasteiger partial charge in [-0.15, -0.1) is 5.92 Å². The maximum Gasteiger partial charge on any atom is 0.191 e. The lowest BCUT2D eigenvalue weighted by Gasteiger charge is -2.36. The summed E-state index contributed by atoms with van der Waals surface area (Å²) in [6.07, 6.45) is 3.31. The Morgan fingerprint density at radius 3 is 2.42 bits per heavy atom. The van der Waals surface area contributed by atoms with Gasteiger partial charge >= 0.3 is 0 Å². The van der Waals surface area contributed by atoms with E-state index >= 15 is 0 Å². The molecule has 0 aromatic carbocycles. The second kappa shape index (κ2) is 7.87. The van der Waals surface area contributed by atoms with E-state index in [4.69, 9.17) is 4.43 Å². The molecule has 0 aliphatic rings. The van der Waals surface area contributed by atoms with Crippen LogP contribution in [0.5, 0.6) is 0 Å². The van der Waals surface area contributed by atoms with Gasteiger partial charge in [0.05, 0.1) is 5.83 Å².